The first-order valence-corrected chi connectivity index (χ1v) is 24.4. The Hall–Kier alpha value is -11.6. The van der Waals surface area contributed by atoms with E-state index in [1.54, 1.807) is 39.5 Å². The third-order valence-corrected chi connectivity index (χ3v) is 11.9. The Morgan fingerprint density at radius 2 is 0.847 bits per heavy atom. The lowest BCUT2D eigenvalue weighted by molar-refractivity contribution is -0.184. The number of carbonyl (C=O) groups excluding carboxylic acids is 11. The van der Waals surface area contributed by atoms with Gasteiger partial charge in [-0.2, -0.15) is 21.0 Å². The van der Waals surface area contributed by atoms with Crippen molar-refractivity contribution in [3.8, 4) is 36.3 Å². The zero-order valence-electron chi connectivity index (χ0n) is 45.9. The number of ether oxygens (including phenoxy) is 12. The van der Waals surface area contributed by atoms with Crippen molar-refractivity contribution in [1.29, 1.82) is 21.0 Å². The summed E-state index contributed by atoms with van der Waals surface area (Å²) >= 11 is 0. The number of esters is 7. The van der Waals surface area contributed by atoms with Gasteiger partial charge in [-0.3, -0.25) is 28.8 Å². The van der Waals surface area contributed by atoms with Crippen LogP contribution in [0.4, 0.5) is 30.6 Å². The number of anilines is 2. The number of amides is 4. The van der Waals surface area contributed by atoms with Crippen molar-refractivity contribution in [2.24, 2.45) is 0 Å². The summed E-state index contributed by atoms with van der Waals surface area (Å²) in [5.74, 6) is -7.43. The minimum absolute atomic E-state index is 0.0268. The van der Waals surface area contributed by atoms with Gasteiger partial charge in [-0.25, -0.2) is 45.2 Å². The maximum Gasteiger partial charge on any atom is 0.421 e. The van der Waals surface area contributed by atoms with Crippen LogP contribution in [0.1, 0.15) is 68.6 Å². The molecule has 446 valence electrons. The molecule has 2 aliphatic heterocycles. The number of fused-ring (bicyclic) bond motifs is 6. The molecule has 33 nitrogen and oxygen atoms in total. The molecule has 4 N–H and O–H groups in total. The molecule has 0 radical (unpaired) electrons. The van der Waals surface area contributed by atoms with Crippen LogP contribution in [0.5, 0.6) is 11.5 Å². The predicted octanol–water partition coefficient (Wildman–Crippen LogP) is 2.20. The van der Waals surface area contributed by atoms with Crippen LogP contribution in [-0.2, 0) is 86.5 Å². The van der Waals surface area contributed by atoms with Crippen molar-refractivity contribution in [1.82, 2.24) is 21.3 Å². The Bertz CT molecular complexity index is 3130. The van der Waals surface area contributed by atoms with Gasteiger partial charge in [-0.1, -0.05) is 18.2 Å². The van der Waals surface area contributed by atoms with Gasteiger partial charge in [0.05, 0.1) is 5.56 Å². The van der Waals surface area contributed by atoms with Crippen LogP contribution in [0.15, 0.2) is 60.7 Å². The summed E-state index contributed by atoms with van der Waals surface area (Å²) in [4.78, 5) is 144. The Morgan fingerprint density at radius 1 is 0.482 bits per heavy atom. The van der Waals surface area contributed by atoms with Crippen molar-refractivity contribution in [2.45, 2.75) is 96.2 Å². The van der Waals surface area contributed by atoms with Crippen molar-refractivity contribution in [2.75, 3.05) is 37.1 Å². The van der Waals surface area contributed by atoms with Crippen molar-refractivity contribution < 1.29 is 110 Å². The van der Waals surface area contributed by atoms with Crippen molar-refractivity contribution in [3.63, 3.8) is 0 Å². The van der Waals surface area contributed by atoms with Crippen LogP contribution in [0, 0.1) is 45.8 Å². The highest BCUT2D eigenvalue weighted by Crippen LogP contribution is 2.57. The summed E-state index contributed by atoms with van der Waals surface area (Å²) in [7, 11) is 2.53. The molecule has 0 aromatic heterocycles. The topological polar surface area (TPSA) is 448 Å². The van der Waals surface area contributed by atoms with Gasteiger partial charge in [0.25, 0.3) is 0 Å². The minimum atomic E-state index is -2.17. The van der Waals surface area contributed by atoms with Crippen molar-refractivity contribution >= 4 is 77.5 Å². The van der Waals surface area contributed by atoms with Crippen LogP contribution < -0.4 is 35.8 Å². The van der Waals surface area contributed by atoms with Gasteiger partial charge in [0.2, 0.25) is 12.5 Å². The van der Waals surface area contributed by atoms with Gasteiger partial charge in [0.1, 0.15) is 24.7 Å². The Balaban J connectivity index is 1.76. The second-order valence-corrected chi connectivity index (χ2v) is 17.6. The highest BCUT2D eigenvalue weighted by atomic mass is 16.7. The first-order valence-electron chi connectivity index (χ1n) is 24.4. The quantitative estimate of drug-likeness (QED) is 0.0368. The average Bonchev–Trinajstić information content (AvgIpc) is 1.86. The number of hydrogen-bond donors (Lipinski definition) is 4. The van der Waals surface area contributed by atoms with Gasteiger partial charge in [-0.05, 0) is 30.3 Å². The normalized spacial score (nSPS) is 15.7. The van der Waals surface area contributed by atoms with Crippen LogP contribution in [0.25, 0.3) is 0 Å². The maximum absolute atomic E-state index is 13.9. The largest absolute Gasteiger partial charge is 0.462 e. The molecule has 0 saturated heterocycles. The van der Waals surface area contributed by atoms with Crippen LogP contribution in [-0.4, -0.2) is 143 Å². The molecule has 33 heteroatoms. The maximum atomic E-state index is 13.9. The van der Waals surface area contributed by atoms with E-state index in [0.29, 0.717) is 0 Å². The Kier molecular flexibility index (Phi) is 21.7. The number of nitrogens with zero attached hydrogens (tertiary/aromatic N) is 6. The molecule has 3 aromatic carbocycles. The van der Waals surface area contributed by atoms with Gasteiger partial charge >= 0.3 is 66.2 Å². The summed E-state index contributed by atoms with van der Waals surface area (Å²) in [5.41, 5.74) is -1.25. The zero-order chi connectivity index (χ0) is 62.9. The number of nitrogens with one attached hydrogen (secondary N) is 4. The van der Waals surface area contributed by atoms with Crippen LogP contribution in [0.2, 0.25) is 0 Å². The van der Waals surface area contributed by atoms with E-state index in [-0.39, 0.29) is 45.1 Å². The molecular formula is C52H50N10O23. The highest BCUT2D eigenvalue weighted by Gasteiger charge is 2.55. The summed E-state index contributed by atoms with van der Waals surface area (Å²) in [6.07, 6.45) is -17.3. The molecule has 5 rings (SSSR count). The Labute approximate surface area is 480 Å². The number of hydrogen-bond acceptors (Lipinski definition) is 29. The fourth-order valence-corrected chi connectivity index (χ4v) is 8.74. The molecule has 8 atom stereocenters. The number of likely N-dealkylation sites (N-methyl/N-ethyl adjacent to an activating group) is 2. The monoisotopic (exact) mass is 1180 g/mol. The van der Waals surface area contributed by atoms with E-state index in [2.05, 4.69) is 0 Å². The number of rotatable bonds is 22. The summed E-state index contributed by atoms with van der Waals surface area (Å²) in [6.45, 7) is 3.66. The molecule has 3 aromatic rings. The van der Waals surface area contributed by atoms with E-state index in [1.807, 2.05) is 0 Å². The zero-order valence-corrected chi connectivity index (χ0v) is 45.9. The van der Waals surface area contributed by atoms with E-state index in [9.17, 15) is 63.3 Å². The number of carbonyl (C=O) groups is 11. The summed E-state index contributed by atoms with van der Waals surface area (Å²) < 4.78 is 67.2. The molecule has 4 amide bonds. The van der Waals surface area contributed by atoms with Gasteiger partial charge < -0.3 is 66.6 Å². The van der Waals surface area contributed by atoms with E-state index in [1.165, 1.54) is 81.3 Å². The smallest absolute Gasteiger partial charge is 0.421 e. The second kappa shape index (κ2) is 28.7. The van der Waals surface area contributed by atoms with Crippen molar-refractivity contribution in [3.05, 3.63) is 82.9 Å². The molecule has 1 spiro atoms. The molecule has 85 heavy (non-hydrogen) atoms. The highest BCUT2D eigenvalue weighted by molar-refractivity contribution is 5.97. The fraction of sp³-hybridized carbons (Fsp3) is 0.365. The van der Waals surface area contributed by atoms with Crippen LogP contribution >= 0.6 is 0 Å². The molecule has 2 heterocycles. The van der Waals surface area contributed by atoms with Gasteiger partial charge in [0.15, 0.2) is 67.0 Å². The first-order chi connectivity index (χ1) is 40.3. The third-order valence-electron chi connectivity index (χ3n) is 11.9. The van der Waals surface area contributed by atoms with Crippen LogP contribution in [0.3, 0.4) is 0 Å². The molecule has 2 aliphatic rings. The molecule has 0 saturated carbocycles. The van der Waals surface area contributed by atoms with Gasteiger partial charge in [0, 0.05) is 95.8 Å². The summed E-state index contributed by atoms with van der Waals surface area (Å²) in [6, 6.07) is 14.6. The lowest BCUT2D eigenvalue weighted by Crippen LogP contribution is -2.58. The average molecular weight is 1180 g/mol. The molecule has 0 fully saturated rings. The lowest BCUT2D eigenvalue weighted by atomic mass is 9.77. The second-order valence-electron chi connectivity index (χ2n) is 17.6. The first kappa shape index (κ1) is 64.2. The summed E-state index contributed by atoms with van der Waals surface area (Å²) in [5, 5.41) is 43.7. The van der Waals surface area contributed by atoms with E-state index in [4.69, 9.17) is 67.4 Å². The Morgan fingerprint density at radius 3 is 1.20 bits per heavy atom. The standard InChI is InChI=1S/C52H50N10O23/c1-25(63)74-19-39(81-48(70)57-21-53)41(76-27(3)65)43(83-50(72)59-23-55)45(78-29(5)67)61(7)31-13-15-35-37(17-31)80-38-18-32(14-16-36(38)52(35)34-12-10-9-11-33(34)47(69)85-52)62(8)46(79-30(6)68)44(84-51(73)60-24-56)42(77-28(4)66)40(20-75-26(2)64)82-49(71)58-22-54/h9-18,39-46H,19-20H2,1-8H3,(H,57,70)(H,58,71)(H,59,72)(H,60,73). The van der Waals surface area contributed by atoms with E-state index >= 15 is 0 Å². The number of nitriles is 4. The molecular weight excluding hydrogens is 1130 g/mol. The van der Waals surface area contributed by atoms with E-state index in [0.717, 1.165) is 51.3 Å². The van der Waals surface area contributed by atoms with E-state index < -0.39 is 134 Å². The number of alkyl carbamates (subject to hydrolysis) is 4. The third kappa shape index (κ3) is 15.9. The lowest BCUT2D eigenvalue weighted by Gasteiger charge is -2.41. The fourth-order valence-electron chi connectivity index (χ4n) is 8.74. The molecule has 8 unspecified atom stereocenters. The minimum Gasteiger partial charge on any atom is -0.462 e. The SMILES string of the molecule is CC(=O)OCC(OC(=O)NC#N)C(OC(C)=O)C(OC(=O)NC#N)C(OC(C)=O)N(C)c1ccc2c(c1)Oc1cc(N(C)C(OC(C)=O)C(OC(=O)NC#N)C(OC(C)=O)C(COC(C)=O)OC(=O)NC#N)ccc1C21OC(=O)c2ccccc21. The molecule has 0 aliphatic carbocycles. The van der Waals surface area contributed by atoms with Gasteiger partial charge in [-0.15, -0.1) is 0 Å². The molecule has 0 bridgehead atoms. The number of benzene rings is 3. The predicted molar refractivity (Wildman–Crippen MR) is 273 cm³/mol.